The van der Waals surface area contributed by atoms with Gasteiger partial charge in [0.1, 0.15) is 0 Å². The molecule has 1 aliphatic carbocycles. The molecule has 11 heavy (non-hydrogen) atoms. The maximum absolute atomic E-state index is 9.51. The standard InChI is InChI=1S/C10H16O/c1-2-3-6-9-7-4-5-8-10(9)11/h2,4-5,9-11H,1,3,6-8H2/t9?,10-/m0/s1. The van der Waals surface area contributed by atoms with E-state index in [0.717, 1.165) is 25.7 Å². The van der Waals surface area contributed by atoms with E-state index in [1.165, 1.54) is 0 Å². The Morgan fingerprint density at radius 1 is 1.45 bits per heavy atom. The molecule has 0 aromatic rings. The lowest BCUT2D eigenvalue weighted by Crippen LogP contribution is -2.21. The van der Waals surface area contributed by atoms with Crippen LogP contribution in [-0.2, 0) is 0 Å². The number of allylic oxidation sites excluding steroid dienone is 2. The van der Waals surface area contributed by atoms with Gasteiger partial charge in [0.2, 0.25) is 0 Å². The number of aliphatic hydroxyl groups is 1. The Balaban J connectivity index is 2.31. The van der Waals surface area contributed by atoms with Gasteiger partial charge >= 0.3 is 0 Å². The van der Waals surface area contributed by atoms with E-state index in [1.54, 1.807) is 0 Å². The Bertz CT molecular complexity index is 149. The van der Waals surface area contributed by atoms with Crippen molar-refractivity contribution < 1.29 is 5.11 Å². The fraction of sp³-hybridized carbons (Fsp3) is 0.600. The second kappa shape index (κ2) is 4.35. The molecule has 1 nitrogen and oxygen atoms in total. The van der Waals surface area contributed by atoms with Gasteiger partial charge in [0.15, 0.2) is 0 Å². The molecule has 0 radical (unpaired) electrons. The molecule has 0 saturated carbocycles. The van der Waals surface area contributed by atoms with Crippen molar-refractivity contribution in [1.82, 2.24) is 0 Å². The summed E-state index contributed by atoms with van der Waals surface area (Å²) < 4.78 is 0. The Labute approximate surface area is 68.4 Å². The second-order valence-corrected chi connectivity index (χ2v) is 3.14. The average molecular weight is 152 g/mol. The van der Waals surface area contributed by atoms with Crippen LogP contribution < -0.4 is 0 Å². The van der Waals surface area contributed by atoms with Gasteiger partial charge in [-0.2, -0.15) is 0 Å². The molecule has 0 spiro atoms. The van der Waals surface area contributed by atoms with Crippen LogP contribution in [0.4, 0.5) is 0 Å². The molecule has 0 aromatic heterocycles. The zero-order chi connectivity index (χ0) is 8.10. The number of hydrogen-bond acceptors (Lipinski definition) is 1. The Hall–Kier alpha value is -0.560. The fourth-order valence-electron chi connectivity index (χ4n) is 1.50. The highest BCUT2D eigenvalue weighted by molar-refractivity contribution is 4.95. The minimum atomic E-state index is -0.111. The van der Waals surface area contributed by atoms with Crippen molar-refractivity contribution in [3.8, 4) is 0 Å². The van der Waals surface area contributed by atoms with Crippen LogP contribution in [0.2, 0.25) is 0 Å². The first-order valence-corrected chi connectivity index (χ1v) is 4.28. The zero-order valence-electron chi connectivity index (χ0n) is 6.87. The van der Waals surface area contributed by atoms with Gasteiger partial charge < -0.3 is 5.11 Å². The highest BCUT2D eigenvalue weighted by Crippen LogP contribution is 2.23. The molecule has 0 amide bonds. The predicted molar refractivity (Wildman–Crippen MR) is 47.3 cm³/mol. The summed E-state index contributed by atoms with van der Waals surface area (Å²) in [6, 6.07) is 0. The molecule has 0 aromatic carbocycles. The van der Waals surface area contributed by atoms with Gasteiger partial charge in [-0.05, 0) is 31.6 Å². The van der Waals surface area contributed by atoms with Crippen molar-refractivity contribution in [2.75, 3.05) is 0 Å². The van der Waals surface area contributed by atoms with E-state index in [0.29, 0.717) is 5.92 Å². The van der Waals surface area contributed by atoms with Crippen molar-refractivity contribution >= 4 is 0 Å². The van der Waals surface area contributed by atoms with E-state index < -0.39 is 0 Å². The van der Waals surface area contributed by atoms with Gasteiger partial charge in [-0.15, -0.1) is 6.58 Å². The monoisotopic (exact) mass is 152 g/mol. The molecule has 0 bridgehead atoms. The van der Waals surface area contributed by atoms with Crippen LogP contribution in [0, 0.1) is 5.92 Å². The van der Waals surface area contributed by atoms with Crippen molar-refractivity contribution in [3.63, 3.8) is 0 Å². The summed E-state index contributed by atoms with van der Waals surface area (Å²) in [4.78, 5) is 0. The van der Waals surface area contributed by atoms with E-state index in [1.807, 2.05) is 6.08 Å². The highest BCUT2D eigenvalue weighted by Gasteiger charge is 2.18. The molecule has 0 heterocycles. The molecule has 62 valence electrons. The Morgan fingerprint density at radius 2 is 2.18 bits per heavy atom. The van der Waals surface area contributed by atoms with Gasteiger partial charge in [-0.25, -0.2) is 0 Å². The smallest absolute Gasteiger partial charge is 0.0605 e. The minimum absolute atomic E-state index is 0.111. The number of hydrogen-bond donors (Lipinski definition) is 1. The summed E-state index contributed by atoms with van der Waals surface area (Å²) in [5.74, 6) is 0.470. The Morgan fingerprint density at radius 3 is 2.82 bits per heavy atom. The highest BCUT2D eigenvalue weighted by atomic mass is 16.3. The van der Waals surface area contributed by atoms with Gasteiger partial charge in [0.05, 0.1) is 6.10 Å². The lowest BCUT2D eigenvalue weighted by molar-refractivity contribution is 0.101. The topological polar surface area (TPSA) is 20.2 Å². The maximum atomic E-state index is 9.51. The van der Waals surface area contributed by atoms with Crippen LogP contribution in [0.5, 0.6) is 0 Å². The summed E-state index contributed by atoms with van der Waals surface area (Å²) in [5, 5.41) is 9.51. The normalized spacial score (nSPS) is 30.3. The molecule has 0 fully saturated rings. The van der Waals surface area contributed by atoms with Crippen LogP contribution in [0.1, 0.15) is 25.7 Å². The molecule has 1 heteroatoms. The van der Waals surface area contributed by atoms with E-state index in [-0.39, 0.29) is 6.10 Å². The third kappa shape index (κ3) is 2.51. The van der Waals surface area contributed by atoms with Gasteiger partial charge in [-0.3, -0.25) is 0 Å². The van der Waals surface area contributed by atoms with Gasteiger partial charge in [0.25, 0.3) is 0 Å². The van der Waals surface area contributed by atoms with Crippen LogP contribution in [0.15, 0.2) is 24.8 Å². The lowest BCUT2D eigenvalue weighted by Gasteiger charge is -2.23. The number of rotatable bonds is 3. The molecule has 0 aliphatic heterocycles. The van der Waals surface area contributed by atoms with Crippen molar-refractivity contribution in [1.29, 1.82) is 0 Å². The molecular weight excluding hydrogens is 136 g/mol. The third-order valence-corrected chi connectivity index (χ3v) is 2.27. The summed E-state index contributed by atoms with van der Waals surface area (Å²) in [6.45, 7) is 3.67. The zero-order valence-corrected chi connectivity index (χ0v) is 6.87. The molecule has 1 rings (SSSR count). The Kier molecular flexibility index (Phi) is 3.37. The molecular formula is C10H16O. The second-order valence-electron chi connectivity index (χ2n) is 3.14. The van der Waals surface area contributed by atoms with Gasteiger partial charge in [-0.1, -0.05) is 18.2 Å². The molecule has 1 unspecified atom stereocenters. The number of aliphatic hydroxyl groups excluding tert-OH is 1. The summed E-state index contributed by atoms with van der Waals surface area (Å²) in [6.07, 6.45) is 10.0. The van der Waals surface area contributed by atoms with Gasteiger partial charge in [0, 0.05) is 0 Å². The molecule has 2 atom stereocenters. The van der Waals surface area contributed by atoms with Crippen molar-refractivity contribution in [3.05, 3.63) is 24.8 Å². The van der Waals surface area contributed by atoms with Crippen molar-refractivity contribution in [2.24, 2.45) is 5.92 Å². The molecule has 0 saturated heterocycles. The van der Waals surface area contributed by atoms with Crippen LogP contribution in [0.3, 0.4) is 0 Å². The van der Waals surface area contributed by atoms with E-state index in [9.17, 15) is 5.11 Å². The average Bonchev–Trinajstić information content (AvgIpc) is 2.03. The fourth-order valence-corrected chi connectivity index (χ4v) is 1.50. The maximum Gasteiger partial charge on any atom is 0.0605 e. The lowest BCUT2D eigenvalue weighted by atomic mass is 9.88. The molecule has 1 N–H and O–H groups in total. The molecule has 1 aliphatic rings. The minimum Gasteiger partial charge on any atom is -0.393 e. The van der Waals surface area contributed by atoms with E-state index in [4.69, 9.17) is 0 Å². The first kappa shape index (κ1) is 8.54. The van der Waals surface area contributed by atoms with Crippen LogP contribution in [-0.4, -0.2) is 11.2 Å². The SMILES string of the molecule is C=CCCC1CC=CC[C@@H]1O. The van der Waals surface area contributed by atoms with E-state index >= 15 is 0 Å². The predicted octanol–water partition coefficient (Wildman–Crippen LogP) is 2.28. The largest absolute Gasteiger partial charge is 0.393 e. The summed E-state index contributed by atoms with van der Waals surface area (Å²) in [7, 11) is 0. The van der Waals surface area contributed by atoms with E-state index in [2.05, 4.69) is 18.7 Å². The quantitative estimate of drug-likeness (QED) is 0.615. The van der Waals surface area contributed by atoms with Crippen LogP contribution in [0.25, 0.3) is 0 Å². The summed E-state index contributed by atoms with van der Waals surface area (Å²) in [5.41, 5.74) is 0. The third-order valence-electron chi connectivity index (χ3n) is 2.27. The summed E-state index contributed by atoms with van der Waals surface area (Å²) >= 11 is 0. The first-order valence-electron chi connectivity index (χ1n) is 4.28. The first-order chi connectivity index (χ1) is 5.34. The van der Waals surface area contributed by atoms with Crippen molar-refractivity contribution in [2.45, 2.75) is 31.8 Å². The van der Waals surface area contributed by atoms with Crippen LogP contribution >= 0.6 is 0 Å².